The van der Waals surface area contributed by atoms with E-state index < -0.39 is 23.7 Å². The minimum absolute atomic E-state index is 0.0373. The first-order valence-corrected chi connectivity index (χ1v) is 10.6. The van der Waals surface area contributed by atoms with Gasteiger partial charge in [0.15, 0.2) is 12.1 Å². The molecule has 1 aliphatic heterocycles. The summed E-state index contributed by atoms with van der Waals surface area (Å²) in [6, 6.07) is 25.9. The molecule has 0 aliphatic carbocycles. The fourth-order valence-corrected chi connectivity index (χ4v) is 3.69. The number of rotatable bonds is 5. The number of aliphatic imine (C=N–C) groups is 1. The van der Waals surface area contributed by atoms with Crippen LogP contribution in [-0.4, -0.2) is 29.2 Å². The Balaban J connectivity index is 1.86. The third-order valence-corrected chi connectivity index (χ3v) is 5.05. The Bertz CT molecular complexity index is 1110. The number of hydrogen-bond acceptors (Lipinski definition) is 5. The second kappa shape index (κ2) is 8.79. The van der Waals surface area contributed by atoms with E-state index in [1.807, 2.05) is 106 Å². The summed E-state index contributed by atoms with van der Waals surface area (Å²) < 4.78 is 11.6. The van der Waals surface area contributed by atoms with Crippen LogP contribution in [0.25, 0.3) is 0 Å². The van der Waals surface area contributed by atoms with E-state index in [0.29, 0.717) is 11.3 Å². The lowest BCUT2D eigenvalue weighted by Crippen LogP contribution is -2.35. The van der Waals surface area contributed by atoms with Gasteiger partial charge in [0, 0.05) is 22.3 Å². The molecule has 4 rings (SSSR count). The van der Waals surface area contributed by atoms with Crippen LogP contribution < -0.4 is 0 Å². The van der Waals surface area contributed by atoms with Crippen LogP contribution in [0.5, 0.6) is 0 Å². The monoisotopic (exact) mass is 426 g/mol. The quantitative estimate of drug-likeness (QED) is 0.443. The molecule has 32 heavy (non-hydrogen) atoms. The van der Waals surface area contributed by atoms with Gasteiger partial charge in [0.05, 0.1) is 5.71 Å². The molecule has 0 spiro atoms. The highest BCUT2D eigenvalue weighted by atomic mass is 16.6. The van der Waals surface area contributed by atoms with Crippen LogP contribution >= 0.6 is 0 Å². The maximum atomic E-state index is 13.4. The van der Waals surface area contributed by atoms with Crippen molar-refractivity contribution >= 4 is 17.6 Å². The molecule has 0 bridgehead atoms. The van der Waals surface area contributed by atoms with E-state index >= 15 is 0 Å². The van der Waals surface area contributed by atoms with E-state index in [0.717, 1.165) is 16.7 Å². The standard InChI is InChI=1S/C27H26N2O3/c1-27(2,3)32-26(30)23(24-20-16-10-11-17-21(20)25(28)31-24)29-22(18-12-6-4-7-13-18)19-14-8-5-9-15-19/h4-17,23-24,28H,1-3H3. The van der Waals surface area contributed by atoms with Gasteiger partial charge in [-0.05, 0) is 26.8 Å². The molecule has 0 fully saturated rings. The topological polar surface area (TPSA) is 71.7 Å². The molecule has 162 valence electrons. The summed E-state index contributed by atoms with van der Waals surface area (Å²) >= 11 is 0. The first-order chi connectivity index (χ1) is 15.3. The van der Waals surface area contributed by atoms with Crippen molar-refractivity contribution in [2.45, 2.75) is 38.5 Å². The van der Waals surface area contributed by atoms with Gasteiger partial charge in [0.2, 0.25) is 5.90 Å². The normalized spacial score (nSPS) is 16.0. The fraction of sp³-hybridized carbons (Fsp3) is 0.222. The Hall–Kier alpha value is -3.73. The Morgan fingerprint density at radius 2 is 1.44 bits per heavy atom. The second-order valence-corrected chi connectivity index (χ2v) is 8.64. The minimum Gasteiger partial charge on any atom is -0.466 e. The third kappa shape index (κ3) is 4.62. The zero-order chi connectivity index (χ0) is 22.7. The molecule has 3 aromatic carbocycles. The van der Waals surface area contributed by atoms with E-state index in [2.05, 4.69) is 0 Å². The fourth-order valence-electron chi connectivity index (χ4n) is 3.69. The zero-order valence-corrected chi connectivity index (χ0v) is 18.4. The summed E-state index contributed by atoms with van der Waals surface area (Å²) in [4.78, 5) is 18.3. The molecule has 5 heteroatoms. The lowest BCUT2D eigenvalue weighted by molar-refractivity contribution is -0.158. The van der Waals surface area contributed by atoms with Gasteiger partial charge in [-0.3, -0.25) is 10.4 Å². The van der Waals surface area contributed by atoms with Gasteiger partial charge in [0.25, 0.3) is 0 Å². The Labute approximate surface area is 188 Å². The summed E-state index contributed by atoms with van der Waals surface area (Å²) in [5.41, 5.74) is 3.18. The van der Waals surface area contributed by atoms with Gasteiger partial charge in [-0.15, -0.1) is 0 Å². The molecule has 1 aliphatic rings. The average molecular weight is 427 g/mol. The van der Waals surface area contributed by atoms with Crippen molar-refractivity contribution in [3.8, 4) is 0 Å². The van der Waals surface area contributed by atoms with Crippen LogP contribution in [-0.2, 0) is 14.3 Å². The van der Waals surface area contributed by atoms with Crippen LogP contribution in [0, 0.1) is 5.41 Å². The number of carbonyl (C=O) groups is 1. The Kier molecular flexibility index (Phi) is 5.91. The second-order valence-electron chi connectivity index (χ2n) is 8.64. The smallest absolute Gasteiger partial charge is 0.335 e. The molecule has 0 aromatic heterocycles. The number of hydrogen-bond donors (Lipinski definition) is 1. The van der Waals surface area contributed by atoms with Crippen LogP contribution in [0.2, 0.25) is 0 Å². The molecule has 2 unspecified atom stereocenters. The zero-order valence-electron chi connectivity index (χ0n) is 18.4. The van der Waals surface area contributed by atoms with Gasteiger partial charge in [0.1, 0.15) is 5.60 Å². The Morgan fingerprint density at radius 1 is 0.906 bits per heavy atom. The highest BCUT2D eigenvalue weighted by Gasteiger charge is 2.41. The molecule has 0 saturated carbocycles. The predicted molar refractivity (Wildman–Crippen MR) is 125 cm³/mol. The number of carbonyl (C=O) groups excluding carboxylic acids is 1. The lowest BCUT2D eigenvalue weighted by Gasteiger charge is -2.26. The number of nitrogens with zero attached hydrogens (tertiary/aromatic N) is 1. The van der Waals surface area contributed by atoms with Crippen molar-refractivity contribution in [3.63, 3.8) is 0 Å². The van der Waals surface area contributed by atoms with E-state index in [4.69, 9.17) is 19.9 Å². The average Bonchev–Trinajstić information content (AvgIpc) is 3.11. The van der Waals surface area contributed by atoms with Gasteiger partial charge in [-0.25, -0.2) is 4.79 Å². The van der Waals surface area contributed by atoms with Gasteiger partial charge < -0.3 is 9.47 Å². The third-order valence-electron chi connectivity index (χ3n) is 5.05. The van der Waals surface area contributed by atoms with Crippen LogP contribution in [0.3, 0.4) is 0 Å². The minimum atomic E-state index is -0.978. The summed E-state index contributed by atoms with van der Waals surface area (Å²) in [5.74, 6) is -0.452. The summed E-state index contributed by atoms with van der Waals surface area (Å²) in [5, 5.41) is 8.26. The molecular formula is C27H26N2O3. The van der Waals surface area contributed by atoms with Crippen LogP contribution in [0.1, 0.15) is 49.1 Å². The largest absolute Gasteiger partial charge is 0.466 e. The molecule has 1 N–H and O–H groups in total. The maximum Gasteiger partial charge on any atom is 0.335 e. The van der Waals surface area contributed by atoms with E-state index in [1.54, 1.807) is 0 Å². The number of fused-ring (bicyclic) bond motifs is 1. The van der Waals surface area contributed by atoms with Crippen molar-refractivity contribution in [3.05, 3.63) is 107 Å². The van der Waals surface area contributed by atoms with Crippen molar-refractivity contribution in [2.75, 3.05) is 0 Å². The van der Waals surface area contributed by atoms with Crippen molar-refractivity contribution < 1.29 is 14.3 Å². The molecular weight excluding hydrogens is 400 g/mol. The maximum absolute atomic E-state index is 13.4. The number of benzene rings is 3. The summed E-state index contributed by atoms with van der Waals surface area (Å²) in [6.07, 6.45) is -0.740. The van der Waals surface area contributed by atoms with Crippen molar-refractivity contribution in [1.29, 1.82) is 5.41 Å². The van der Waals surface area contributed by atoms with Gasteiger partial charge in [-0.1, -0.05) is 78.9 Å². The number of ether oxygens (including phenoxy) is 2. The first-order valence-electron chi connectivity index (χ1n) is 10.6. The van der Waals surface area contributed by atoms with E-state index in [9.17, 15) is 4.79 Å². The van der Waals surface area contributed by atoms with Crippen LogP contribution in [0.15, 0.2) is 89.9 Å². The Morgan fingerprint density at radius 3 is 2.00 bits per heavy atom. The molecule has 2 atom stereocenters. The van der Waals surface area contributed by atoms with Gasteiger partial charge in [-0.2, -0.15) is 0 Å². The van der Waals surface area contributed by atoms with Gasteiger partial charge >= 0.3 is 5.97 Å². The SMILES string of the molecule is CC(C)(C)OC(=O)C(N=C(c1ccccc1)c1ccccc1)C1OC(=N)c2ccccc21. The number of nitrogens with one attached hydrogen (secondary N) is 1. The lowest BCUT2D eigenvalue weighted by atomic mass is 9.98. The summed E-state index contributed by atoms with van der Waals surface area (Å²) in [6.45, 7) is 5.48. The van der Waals surface area contributed by atoms with Crippen molar-refractivity contribution in [1.82, 2.24) is 0 Å². The molecule has 5 nitrogen and oxygen atoms in total. The van der Waals surface area contributed by atoms with Crippen LogP contribution in [0.4, 0.5) is 0 Å². The highest BCUT2D eigenvalue weighted by molar-refractivity contribution is 6.13. The van der Waals surface area contributed by atoms with E-state index in [-0.39, 0.29) is 5.90 Å². The molecule has 1 heterocycles. The molecule has 0 radical (unpaired) electrons. The van der Waals surface area contributed by atoms with E-state index in [1.165, 1.54) is 0 Å². The molecule has 3 aromatic rings. The predicted octanol–water partition coefficient (Wildman–Crippen LogP) is 5.33. The number of esters is 1. The first kappa shape index (κ1) is 21.5. The molecule has 0 saturated heterocycles. The summed E-state index contributed by atoms with van der Waals surface area (Å²) in [7, 11) is 0. The highest BCUT2D eigenvalue weighted by Crippen LogP contribution is 2.36. The molecule has 0 amide bonds. The van der Waals surface area contributed by atoms with Crippen molar-refractivity contribution in [2.24, 2.45) is 4.99 Å².